The van der Waals surface area contributed by atoms with Gasteiger partial charge in [-0.05, 0) is 57.4 Å². The Kier molecular flexibility index (Phi) is 5.00. The Bertz CT molecular complexity index is 290. The topological polar surface area (TPSA) is 30.5 Å². The van der Waals surface area contributed by atoms with Gasteiger partial charge in [0.2, 0.25) is 0 Å². The number of hydrogen-bond donors (Lipinski definition) is 1. The van der Waals surface area contributed by atoms with Crippen molar-refractivity contribution in [2.24, 2.45) is 11.8 Å². The third kappa shape index (κ3) is 3.20. The summed E-state index contributed by atoms with van der Waals surface area (Å²) in [6, 6.07) is 0.707. The number of nitrogens with one attached hydrogen (secondary N) is 1. The van der Waals surface area contributed by atoms with E-state index >= 15 is 0 Å². The lowest BCUT2D eigenvalue weighted by molar-refractivity contribution is -0.152. The van der Waals surface area contributed by atoms with Crippen LogP contribution in [-0.4, -0.2) is 38.5 Å². The zero-order chi connectivity index (χ0) is 13.8. The third-order valence-corrected chi connectivity index (χ3v) is 5.93. The molecule has 3 aliphatic rings. The number of hydrogen-bond acceptors (Lipinski definition) is 3. The van der Waals surface area contributed by atoms with Gasteiger partial charge in [-0.3, -0.25) is 0 Å². The van der Waals surface area contributed by atoms with Crippen LogP contribution in [0.1, 0.15) is 57.8 Å². The zero-order valence-corrected chi connectivity index (χ0v) is 13.0. The highest BCUT2D eigenvalue weighted by atomic mass is 16.5. The largest absolute Gasteiger partial charge is 0.381 e. The van der Waals surface area contributed by atoms with Crippen LogP contribution in [0.2, 0.25) is 0 Å². The molecule has 0 amide bonds. The molecule has 2 heterocycles. The molecule has 3 heteroatoms. The molecular weight excluding hydrogens is 250 g/mol. The summed E-state index contributed by atoms with van der Waals surface area (Å²) in [6.45, 7) is 2.73. The second kappa shape index (κ2) is 6.76. The molecule has 2 saturated heterocycles. The van der Waals surface area contributed by atoms with Gasteiger partial charge < -0.3 is 14.8 Å². The first-order chi connectivity index (χ1) is 9.83. The minimum absolute atomic E-state index is 0.144. The lowest BCUT2D eigenvalue weighted by Gasteiger charge is -2.47. The van der Waals surface area contributed by atoms with Crippen LogP contribution < -0.4 is 5.32 Å². The van der Waals surface area contributed by atoms with Crippen LogP contribution in [0, 0.1) is 11.8 Å². The smallest absolute Gasteiger partial charge is 0.0729 e. The molecular formula is C17H31NO2. The first-order valence-corrected chi connectivity index (χ1v) is 8.72. The Balaban J connectivity index is 1.64. The maximum absolute atomic E-state index is 6.21. The van der Waals surface area contributed by atoms with Crippen LogP contribution in [0.4, 0.5) is 0 Å². The van der Waals surface area contributed by atoms with E-state index in [1.165, 1.54) is 44.9 Å². The molecule has 3 rings (SSSR count). The van der Waals surface area contributed by atoms with Crippen LogP contribution >= 0.6 is 0 Å². The van der Waals surface area contributed by atoms with Gasteiger partial charge in [0.1, 0.15) is 0 Å². The minimum Gasteiger partial charge on any atom is -0.381 e. The first-order valence-electron chi connectivity index (χ1n) is 8.72. The Hall–Kier alpha value is -0.120. The van der Waals surface area contributed by atoms with E-state index in [2.05, 4.69) is 12.4 Å². The van der Waals surface area contributed by atoms with Crippen LogP contribution in [0.15, 0.2) is 0 Å². The highest BCUT2D eigenvalue weighted by Gasteiger charge is 2.42. The highest BCUT2D eigenvalue weighted by Crippen LogP contribution is 2.41. The lowest BCUT2D eigenvalue weighted by atomic mass is 9.71. The van der Waals surface area contributed by atoms with Crippen molar-refractivity contribution < 1.29 is 9.47 Å². The fourth-order valence-electron chi connectivity index (χ4n) is 4.81. The van der Waals surface area contributed by atoms with Crippen LogP contribution in [0.5, 0.6) is 0 Å². The van der Waals surface area contributed by atoms with Crippen molar-refractivity contribution in [3.05, 3.63) is 0 Å². The van der Waals surface area contributed by atoms with Crippen molar-refractivity contribution in [1.82, 2.24) is 5.32 Å². The van der Waals surface area contributed by atoms with Gasteiger partial charge in [0.15, 0.2) is 0 Å². The summed E-state index contributed by atoms with van der Waals surface area (Å²) in [6.07, 6.45) is 11.9. The molecule has 2 unspecified atom stereocenters. The van der Waals surface area contributed by atoms with Crippen LogP contribution in [0.3, 0.4) is 0 Å². The fourth-order valence-corrected chi connectivity index (χ4v) is 4.81. The molecule has 2 aliphatic heterocycles. The maximum atomic E-state index is 6.21. The Morgan fingerprint density at radius 3 is 2.40 bits per heavy atom. The Labute approximate surface area is 123 Å². The quantitative estimate of drug-likeness (QED) is 0.862. The molecule has 0 aromatic heterocycles. The molecule has 1 spiro atoms. The van der Waals surface area contributed by atoms with Crippen molar-refractivity contribution >= 4 is 0 Å². The summed E-state index contributed by atoms with van der Waals surface area (Å²) in [5.41, 5.74) is 0.144. The average Bonchev–Trinajstić information content (AvgIpc) is 2.50. The molecule has 0 bridgehead atoms. The van der Waals surface area contributed by atoms with Crippen LogP contribution in [0.25, 0.3) is 0 Å². The van der Waals surface area contributed by atoms with Crippen molar-refractivity contribution in [3.63, 3.8) is 0 Å². The van der Waals surface area contributed by atoms with Crippen LogP contribution in [-0.2, 0) is 9.47 Å². The van der Waals surface area contributed by atoms with Gasteiger partial charge in [0.25, 0.3) is 0 Å². The molecule has 2 atom stereocenters. The Morgan fingerprint density at radius 2 is 1.70 bits per heavy atom. The standard InChI is InChI=1S/C17H31NO2/c1-18-16(14-5-3-2-4-6-14)15-7-10-20-17(13-15)8-11-19-12-9-17/h14-16,18H,2-13H2,1H3. The predicted octanol–water partition coefficient (Wildman–Crippen LogP) is 3.13. The number of rotatable bonds is 3. The summed E-state index contributed by atoms with van der Waals surface area (Å²) in [5.74, 6) is 1.70. The SMILES string of the molecule is CNC(C1CCCCC1)C1CCOC2(CCOCC2)C1. The van der Waals surface area contributed by atoms with E-state index < -0.39 is 0 Å². The van der Waals surface area contributed by atoms with E-state index in [1.807, 2.05) is 0 Å². The third-order valence-electron chi connectivity index (χ3n) is 5.93. The summed E-state index contributed by atoms with van der Waals surface area (Å²) < 4.78 is 11.8. The van der Waals surface area contributed by atoms with Gasteiger partial charge in [-0.1, -0.05) is 19.3 Å². The lowest BCUT2D eigenvalue weighted by Crippen LogP contribution is -2.51. The molecule has 20 heavy (non-hydrogen) atoms. The molecule has 1 N–H and O–H groups in total. The maximum Gasteiger partial charge on any atom is 0.0729 e. The fraction of sp³-hybridized carbons (Fsp3) is 1.00. The molecule has 3 nitrogen and oxygen atoms in total. The monoisotopic (exact) mass is 281 g/mol. The summed E-state index contributed by atoms with van der Waals surface area (Å²) >= 11 is 0. The van der Waals surface area contributed by atoms with Crippen molar-refractivity contribution in [1.29, 1.82) is 0 Å². The van der Waals surface area contributed by atoms with Gasteiger partial charge in [0, 0.05) is 25.9 Å². The molecule has 1 aliphatic carbocycles. The molecule has 116 valence electrons. The van der Waals surface area contributed by atoms with Crippen molar-refractivity contribution in [3.8, 4) is 0 Å². The molecule has 0 aromatic rings. The van der Waals surface area contributed by atoms with E-state index in [9.17, 15) is 0 Å². The van der Waals surface area contributed by atoms with Crippen molar-refractivity contribution in [2.45, 2.75) is 69.4 Å². The molecule has 0 radical (unpaired) electrons. The minimum atomic E-state index is 0.144. The summed E-state index contributed by atoms with van der Waals surface area (Å²) in [5, 5.41) is 3.68. The van der Waals surface area contributed by atoms with E-state index in [1.54, 1.807) is 0 Å². The van der Waals surface area contributed by atoms with E-state index in [0.29, 0.717) is 6.04 Å². The van der Waals surface area contributed by atoms with Crippen molar-refractivity contribution in [2.75, 3.05) is 26.9 Å². The van der Waals surface area contributed by atoms with E-state index in [-0.39, 0.29) is 5.60 Å². The second-order valence-electron chi connectivity index (χ2n) is 7.11. The van der Waals surface area contributed by atoms with Gasteiger partial charge in [-0.2, -0.15) is 0 Å². The zero-order valence-electron chi connectivity index (χ0n) is 13.0. The second-order valence-corrected chi connectivity index (χ2v) is 7.11. The molecule has 1 saturated carbocycles. The van der Waals surface area contributed by atoms with E-state index in [4.69, 9.17) is 9.47 Å². The Morgan fingerprint density at radius 1 is 0.950 bits per heavy atom. The summed E-state index contributed by atoms with van der Waals surface area (Å²) in [7, 11) is 2.17. The van der Waals surface area contributed by atoms with E-state index in [0.717, 1.165) is 44.5 Å². The van der Waals surface area contributed by atoms with Gasteiger partial charge in [-0.15, -0.1) is 0 Å². The average molecular weight is 281 g/mol. The summed E-state index contributed by atoms with van der Waals surface area (Å²) in [4.78, 5) is 0. The highest BCUT2D eigenvalue weighted by molar-refractivity contribution is 4.94. The predicted molar refractivity (Wildman–Crippen MR) is 80.9 cm³/mol. The molecule has 0 aromatic carbocycles. The van der Waals surface area contributed by atoms with Gasteiger partial charge in [-0.25, -0.2) is 0 Å². The first kappa shape index (κ1) is 14.8. The normalized spacial score (nSPS) is 33.1. The van der Waals surface area contributed by atoms with Gasteiger partial charge in [0.05, 0.1) is 5.60 Å². The van der Waals surface area contributed by atoms with Gasteiger partial charge >= 0.3 is 0 Å². The molecule has 3 fully saturated rings. The number of ether oxygens (including phenoxy) is 2.